The zero-order valence-electron chi connectivity index (χ0n) is 18.7. The number of phenolic OH excluding ortho intramolecular Hbond substituents is 1. The number of aryl methyl sites for hydroxylation is 1. The molecular formula is C25H35NO4. The lowest BCUT2D eigenvalue weighted by Crippen LogP contribution is -2.23. The van der Waals surface area contributed by atoms with Gasteiger partial charge in [-0.25, -0.2) is 0 Å². The zero-order valence-corrected chi connectivity index (χ0v) is 18.7. The Morgan fingerprint density at radius 3 is 2.57 bits per heavy atom. The summed E-state index contributed by atoms with van der Waals surface area (Å²) in [6.07, 6.45) is 10.1. The van der Waals surface area contributed by atoms with Crippen molar-refractivity contribution in [3.8, 4) is 17.2 Å². The number of fused-ring (bicyclic) bond motifs is 1. The average molecular weight is 414 g/mol. The van der Waals surface area contributed by atoms with Crippen LogP contribution in [0.4, 0.5) is 0 Å². The highest BCUT2D eigenvalue weighted by Gasteiger charge is 2.18. The molecule has 5 heteroatoms. The smallest absolute Gasteiger partial charge is 0.297 e. The number of nitrogens with zero attached hydrogens (tertiary/aromatic N) is 1. The van der Waals surface area contributed by atoms with Gasteiger partial charge in [-0.15, -0.1) is 0 Å². The van der Waals surface area contributed by atoms with Gasteiger partial charge in [0, 0.05) is 18.0 Å². The van der Waals surface area contributed by atoms with E-state index in [9.17, 15) is 15.0 Å². The lowest BCUT2D eigenvalue weighted by Gasteiger charge is -2.15. The van der Waals surface area contributed by atoms with Crippen LogP contribution in [0.2, 0.25) is 0 Å². The van der Waals surface area contributed by atoms with Crippen molar-refractivity contribution < 1.29 is 14.9 Å². The van der Waals surface area contributed by atoms with Gasteiger partial charge in [-0.2, -0.15) is 0 Å². The number of aromatic nitrogens is 1. The topological polar surface area (TPSA) is 71.7 Å². The zero-order chi connectivity index (χ0) is 22.1. The van der Waals surface area contributed by atoms with Gasteiger partial charge < -0.3 is 19.5 Å². The summed E-state index contributed by atoms with van der Waals surface area (Å²) < 4.78 is 7.34. The highest BCUT2D eigenvalue weighted by Crippen LogP contribution is 2.33. The quantitative estimate of drug-likeness (QED) is 0.347. The third-order valence-electron chi connectivity index (χ3n) is 5.17. The summed E-state index contributed by atoms with van der Waals surface area (Å²) >= 11 is 0. The molecule has 2 rings (SSSR count). The van der Waals surface area contributed by atoms with Crippen LogP contribution in [-0.4, -0.2) is 21.4 Å². The minimum atomic E-state index is -0.363. The molecule has 0 atom stereocenters. The van der Waals surface area contributed by atoms with Gasteiger partial charge in [-0.1, -0.05) is 43.4 Å². The van der Waals surface area contributed by atoms with Crippen LogP contribution in [0, 0.1) is 0 Å². The summed E-state index contributed by atoms with van der Waals surface area (Å²) in [6.45, 7) is 9.09. The Kier molecular flexibility index (Phi) is 9.03. The fourth-order valence-electron chi connectivity index (χ4n) is 3.41. The second kappa shape index (κ2) is 11.5. The number of unbranched alkanes of at least 4 members (excludes halogenated alkanes) is 3. The molecule has 2 aromatic rings. The van der Waals surface area contributed by atoms with Gasteiger partial charge >= 0.3 is 0 Å². The summed E-state index contributed by atoms with van der Waals surface area (Å²) in [5.74, 6) is -0.139. The predicted octanol–water partition coefficient (Wildman–Crippen LogP) is 6.06. The molecule has 0 amide bonds. The van der Waals surface area contributed by atoms with E-state index in [0.717, 1.165) is 38.5 Å². The predicted molar refractivity (Wildman–Crippen MR) is 124 cm³/mol. The molecule has 0 aliphatic rings. The monoisotopic (exact) mass is 413 g/mol. The fourth-order valence-corrected chi connectivity index (χ4v) is 3.41. The number of rotatable bonds is 11. The van der Waals surface area contributed by atoms with Gasteiger partial charge in [0.1, 0.15) is 12.4 Å². The molecule has 0 spiro atoms. The van der Waals surface area contributed by atoms with Crippen LogP contribution < -0.4 is 10.3 Å². The maximum atomic E-state index is 13.1. The van der Waals surface area contributed by atoms with Crippen LogP contribution in [-0.2, 0) is 6.54 Å². The summed E-state index contributed by atoms with van der Waals surface area (Å²) in [5, 5.41) is 21.1. The Hall–Kier alpha value is -2.69. The Morgan fingerprint density at radius 2 is 1.87 bits per heavy atom. The van der Waals surface area contributed by atoms with Crippen LogP contribution in [0.25, 0.3) is 10.9 Å². The average Bonchev–Trinajstić information content (AvgIpc) is 2.69. The van der Waals surface area contributed by atoms with E-state index in [4.69, 9.17) is 4.74 Å². The van der Waals surface area contributed by atoms with E-state index in [0.29, 0.717) is 17.4 Å². The summed E-state index contributed by atoms with van der Waals surface area (Å²) in [4.78, 5) is 13.1. The summed E-state index contributed by atoms with van der Waals surface area (Å²) in [5.41, 5.74) is 2.63. The normalized spacial score (nSPS) is 11.7. The number of hydrogen-bond donors (Lipinski definition) is 2. The van der Waals surface area contributed by atoms with Gasteiger partial charge in [-0.05, 0) is 58.2 Å². The Bertz CT molecular complexity index is 965. The molecule has 1 heterocycles. The molecule has 1 aromatic carbocycles. The van der Waals surface area contributed by atoms with Crippen molar-refractivity contribution in [2.75, 3.05) is 6.61 Å². The lowest BCUT2D eigenvalue weighted by atomic mass is 10.1. The minimum absolute atomic E-state index is 0.0305. The molecule has 0 fully saturated rings. The maximum absolute atomic E-state index is 13.1. The van der Waals surface area contributed by atoms with E-state index in [2.05, 4.69) is 26.8 Å². The second-order valence-corrected chi connectivity index (χ2v) is 8.08. The molecule has 0 unspecified atom stereocenters. The molecule has 0 aliphatic carbocycles. The van der Waals surface area contributed by atoms with E-state index < -0.39 is 0 Å². The first-order chi connectivity index (χ1) is 14.3. The highest BCUT2D eigenvalue weighted by molar-refractivity contribution is 5.88. The largest absolute Gasteiger partial charge is 0.508 e. The molecule has 0 aliphatic heterocycles. The molecule has 5 nitrogen and oxygen atoms in total. The third-order valence-corrected chi connectivity index (χ3v) is 5.17. The summed E-state index contributed by atoms with van der Waals surface area (Å²) in [6, 6.07) is 4.65. The van der Waals surface area contributed by atoms with Crippen LogP contribution in [0.3, 0.4) is 0 Å². The number of aromatic hydroxyl groups is 2. The number of pyridine rings is 1. The molecule has 0 bridgehead atoms. The number of allylic oxidation sites excluding steroid dienone is 3. The lowest BCUT2D eigenvalue weighted by molar-refractivity contribution is 0.328. The van der Waals surface area contributed by atoms with Crippen molar-refractivity contribution in [3.05, 3.63) is 51.9 Å². The van der Waals surface area contributed by atoms with E-state index in [1.165, 1.54) is 23.3 Å². The van der Waals surface area contributed by atoms with Crippen LogP contribution >= 0.6 is 0 Å². The Labute approximate surface area is 179 Å². The van der Waals surface area contributed by atoms with E-state index >= 15 is 0 Å². The second-order valence-electron chi connectivity index (χ2n) is 8.08. The van der Waals surface area contributed by atoms with Gasteiger partial charge in [0.15, 0.2) is 5.75 Å². The SMILES string of the molecule is CCCCCCn1c(=O)c(OC/C=C(\C)CCC=C(C)C)c(O)c2ccc(O)cc21. The molecule has 1 aromatic heterocycles. The van der Waals surface area contributed by atoms with Crippen molar-refractivity contribution in [1.82, 2.24) is 4.57 Å². The first-order valence-corrected chi connectivity index (χ1v) is 10.9. The molecule has 164 valence electrons. The summed E-state index contributed by atoms with van der Waals surface area (Å²) in [7, 11) is 0. The fraction of sp³-hybridized carbons (Fsp3) is 0.480. The van der Waals surface area contributed by atoms with E-state index in [1.54, 1.807) is 10.6 Å². The van der Waals surface area contributed by atoms with Crippen LogP contribution in [0.1, 0.15) is 66.2 Å². The van der Waals surface area contributed by atoms with Crippen molar-refractivity contribution in [2.24, 2.45) is 0 Å². The number of benzene rings is 1. The first kappa shape index (κ1) is 23.6. The maximum Gasteiger partial charge on any atom is 0.297 e. The molecule has 0 saturated carbocycles. The molecule has 0 radical (unpaired) electrons. The third kappa shape index (κ3) is 6.41. The van der Waals surface area contributed by atoms with E-state index in [-0.39, 0.29) is 29.4 Å². The van der Waals surface area contributed by atoms with Crippen LogP contribution in [0.15, 0.2) is 46.3 Å². The van der Waals surface area contributed by atoms with Gasteiger partial charge in [0.05, 0.1) is 5.52 Å². The Balaban J connectivity index is 2.27. The molecule has 0 saturated heterocycles. The minimum Gasteiger partial charge on any atom is -0.508 e. The van der Waals surface area contributed by atoms with Gasteiger partial charge in [0.25, 0.3) is 5.56 Å². The number of hydrogen-bond acceptors (Lipinski definition) is 4. The van der Waals surface area contributed by atoms with Crippen molar-refractivity contribution in [3.63, 3.8) is 0 Å². The van der Waals surface area contributed by atoms with Crippen molar-refractivity contribution in [2.45, 2.75) is 72.8 Å². The van der Waals surface area contributed by atoms with Gasteiger partial charge in [-0.3, -0.25) is 4.79 Å². The van der Waals surface area contributed by atoms with E-state index in [1.807, 2.05) is 13.0 Å². The van der Waals surface area contributed by atoms with Crippen LogP contribution in [0.5, 0.6) is 17.2 Å². The molecule has 2 N–H and O–H groups in total. The van der Waals surface area contributed by atoms with Crippen molar-refractivity contribution >= 4 is 10.9 Å². The van der Waals surface area contributed by atoms with Crippen molar-refractivity contribution in [1.29, 1.82) is 0 Å². The standard InChI is InChI=1S/C25H35NO4/c1-5-6-7-8-15-26-22-17-20(27)12-13-21(22)23(28)24(25(26)29)30-16-14-19(4)11-9-10-18(2)3/h10,12-14,17,27-28H,5-9,11,15-16H2,1-4H3/b19-14+. The molecular weight excluding hydrogens is 378 g/mol. The Morgan fingerprint density at radius 1 is 1.10 bits per heavy atom. The molecule has 30 heavy (non-hydrogen) atoms. The first-order valence-electron chi connectivity index (χ1n) is 10.9. The highest BCUT2D eigenvalue weighted by atomic mass is 16.5. The number of ether oxygens (including phenoxy) is 1. The van der Waals surface area contributed by atoms with Gasteiger partial charge in [0.2, 0.25) is 5.75 Å². The number of phenols is 1.